The van der Waals surface area contributed by atoms with Crippen LogP contribution in [0.4, 0.5) is 5.95 Å². The molecule has 0 radical (unpaired) electrons. The molecule has 19 heavy (non-hydrogen) atoms. The number of benzene rings is 1. The van der Waals surface area contributed by atoms with Crippen LogP contribution in [-0.4, -0.2) is 17.1 Å². The highest BCUT2D eigenvalue weighted by atomic mass is 79.9. The van der Waals surface area contributed by atoms with Crippen LogP contribution in [0.15, 0.2) is 34.9 Å². The van der Waals surface area contributed by atoms with Crippen LogP contribution in [-0.2, 0) is 6.42 Å². The Bertz CT molecular complexity index is 682. The normalized spacial score (nSPS) is 13.1. The number of rotatable bonds is 2. The first-order chi connectivity index (χ1) is 9.19. The zero-order chi connectivity index (χ0) is 13.4. The smallest absolute Gasteiger partial charge is 0.220 e. The van der Waals surface area contributed by atoms with Gasteiger partial charge in [0.15, 0.2) is 5.75 Å². The Labute approximate surface area is 119 Å². The van der Waals surface area contributed by atoms with E-state index in [1.54, 1.807) is 13.3 Å². The van der Waals surface area contributed by atoms with Gasteiger partial charge in [0, 0.05) is 10.0 Å². The van der Waals surface area contributed by atoms with E-state index in [4.69, 9.17) is 10.5 Å². The van der Waals surface area contributed by atoms with E-state index in [0.717, 1.165) is 27.7 Å². The lowest BCUT2D eigenvalue weighted by Gasteiger charge is -2.10. The molecule has 1 heterocycles. The molecule has 5 heteroatoms. The van der Waals surface area contributed by atoms with Crippen molar-refractivity contribution in [2.24, 2.45) is 0 Å². The Morgan fingerprint density at radius 3 is 3.00 bits per heavy atom. The number of nitrogens with zero attached hydrogens (tertiary/aromatic N) is 2. The van der Waals surface area contributed by atoms with Gasteiger partial charge in [-0.15, -0.1) is 0 Å². The maximum absolute atomic E-state index is 5.69. The van der Waals surface area contributed by atoms with Gasteiger partial charge in [0.05, 0.1) is 13.3 Å². The molecule has 3 rings (SSSR count). The Balaban J connectivity index is 2.16. The van der Waals surface area contributed by atoms with Gasteiger partial charge in [0.2, 0.25) is 5.95 Å². The number of halogens is 1. The Hall–Kier alpha value is -1.88. The lowest BCUT2D eigenvalue weighted by atomic mass is 10.0. The minimum atomic E-state index is 0.250. The molecule has 0 unspecified atom stereocenters. The largest absolute Gasteiger partial charge is 0.493 e. The van der Waals surface area contributed by atoms with Crippen LogP contribution in [0.3, 0.4) is 0 Å². The Morgan fingerprint density at radius 2 is 2.21 bits per heavy atom. The molecule has 2 aromatic rings. The van der Waals surface area contributed by atoms with Crippen molar-refractivity contribution in [1.82, 2.24) is 9.97 Å². The molecule has 0 amide bonds. The van der Waals surface area contributed by atoms with E-state index in [9.17, 15) is 0 Å². The molecular formula is C14H12BrN3O. The molecule has 0 spiro atoms. The van der Waals surface area contributed by atoms with Gasteiger partial charge in [0.1, 0.15) is 5.69 Å². The third-order valence-electron chi connectivity index (χ3n) is 3.14. The molecule has 4 nitrogen and oxygen atoms in total. The molecule has 1 aliphatic carbocycles. The molecular weight excluding hydrogens is 306 g/mol. The highest BCUT2D eigenvalue weighted by molar-refractivity contribution is 9.10. The molecule has 0 saturated carbocycles. The second kappa shape index (κ2) is 4.66. The molecule has 1 aromatic carbocycles. The van der Waals surface area contributed by atoms with Crippen molar-refractivity contribution < 1.29 is 4.74 Å². The molecule has 96 valence electrons. The van der Waals surface area contributed by atoms with Crippen molar-refractivity contribution in [3.8, 4) is 5.75 Å². The molecule has 0 atom stereocenters. The lowest BCUT2D eigenvalue weighted by molar-refractivity contribution is 0.409. The average Bonchev–Trinajstić information content (AvgIpc) is 2.81. The number of ether oxygens (including phenoxy) is 1. The molecule has 1 aliphatic rings. The quantitative estimate of drug-likeness (QED) is 0.925. The molecule has 0 fully saturated rings. The van der Waals surface area contributed by atoms with E-state index in [0.29, 0.717) is 5.75 Å². The minimum absolute atomic E-state index is 0.250. The van der Waals surface area contributed by atoms with Crippen LogP contribution in [0.5, 0.6) is 5.75 Å². The van der Waals surface area contributed by atoms with E-state index >= 15 is 0 Å². The van der Waals surface area contributed by atoms with E-state index < -0.39 is 0 Å². The SMILES string of the molecule is COc1cnc(N)nc1C1=CCc2ccc(Br)cc21. The predicted octanol–water partition coefficient (Wildman–Crippen LogP) is 2.82. The van der Waals surface area contributed by atoms with Gasteiger partial charge in [-0.3, -0.25) is 0 Å². The van der Waals surface area contributed by atoms with Crippen LogP contribution in [0.1, 0.15) is 16.8 Å². The standard InChI is InChI=1S/C14H12BrN3O/c1-19-12-7-17-14(16)18-13(12)10-5-3-8-2-4-9(15)6-11(8)10/h2,4-7H,3H2,1H3,(H2,16,17,18). The Kier molecular flexibility index (Phi) is 2.98. The third-order valence-corrected chi connectivity index (χ3v) is 3.63. The maximum atomic E-state index is 5.69. The van der Waals surface area contributed by atoms with Crippen molar-refractivity contribution >= 4 is 27.5 Å². The van der Waals surface area contributed by atoms with E-state index in [-0.39, 0.29) is 5.95 Å². The summed E-state index contributed by atoms with van der Waals surface area (Å²) in [5, 5.41) is 0. The predicted molar refractivity (Wildman–Crippen MR) is 77.9 cm³/mol. The summed E-state index contributed by atoms with van der Waals surface area (Å²) in [5.41, 5.74) is 9.91. The van der Waals surface area contributed by atoms with Crippen molar-refractivity contribution in [3.05, 3.63) is 51.8 Å². The number of methoxy groups -OCH3 is 1. The average molecular weight is 318 g/mol. The number of hydrogen-bond donors (Lipinski definition) is 1. The van der Waals surface area contributed by atoms with E-state index in [2.05, 4.69) is 44.1 Å². The number of allylic oxidation sites excluding steroid dienone is 1. The highest BCUT2D eigenvalue weighted by Crippen LogP contribution is 2.37. The molecule has 0 aliphatic heterocycles. The lowest BCUT2D eigenvalue weighted by Crippen LogP contribution is -2.02. The Morgan fingerprint density at radius 1 is 1.37 bits per heavy atom. The summed E-state index contributed by atoms with van der Waals surface area (Å²) in [7, 11) is 1.61. The second-order valence-electron chi connectivity index (χ2n) is 4.27. The zero-order valence-corrected chi connectivity index (χ0v) is 11.9. The zero-order valence-electron chi connectivity index (χ0n) is 10.4. The summed E-state index contributed by atoms with van der Waals surface area (Å²) in [6.45, 7) is 0. The van der Waals surface area contributed by atoms with Crippen LogP contribution in [0.25, 0.3) is 5.57 Å². The first-order valence-electron chi connectivity index (χ1n) is 5.85. The molecule has 1 aromatic heterocycles. The third kappa shape index (κ3) is 2.10. The highest BCUT2D eigenvalue weighted by Gasteiger charge is 2.20. The molecule has 0 bridgehead atoms. The van der Waals surface area contributed by atoms with Crippen LogP contribution in [0, 0.1) is 0 Å². The maximum Gasteiger partial charge on any atom is 0.220 e. The van der Waals surface area contributed by atoms with Crippen molar-refractivity contribution in [2.45, 2.75) is 6.42 Å². The summed E-state index contributed by atoms with van der Waals surface area (Å²) in [6, 6.07) is 6.24. The van der Waals surface area contributed by atoms with Crippen molar-refractivity contribution in [1.29, 1.82) is 0 Å². The van der Waals surface area contributed by atoms with Crippen LogP contribution in [0.2, 0.25) is 0 Å². The summed E-state index contributed by atoms with van der Waals surface area (Å²) >= 11 is 3.50. The summed E-state index contributed by atoms with van der Waals surface area (Å²) in [5.74, 6) is 0.883. The van der Waals surface area contributed by atoms with Gasteiger partial charge < -0.3 is 10.5 Å². The van der Waals surface area contributed by atoms with E-state index in [1.807, 2.05) is 6.07 Å². The van der Waals surface area contributed by atoms with Gasteiger partial charge in [0.25, 0.3) is 0 Å². The number of aromatic nitrogens is 2. The van der Waals surface area contributed by atoms with Crippen LogP contribution < -0.4 is 10.5 Å². The van der Waals surface area contributed by atoms with Crippen LogP contribution >= 0.6 is 15.9 Å². The number of nitrogen functional groups attached to an aromatic ring is 1. The first kappa shape index (κ1) is 12.2. The second-order valence-corrected chi connectivity index (χ2v) is 5.18. The van der Waals surface area contributed by atoms with Crippen molar-refractivity contribution in [3.63, 3.8) is 0 Å². The summed E-state index contributed by atoms with van der Waals surface area (Å²) < 4.78 is 6.37. The monoisotopic (exact) mass is 317 g/mol. The fraction of sp³-hybridized carbons (Fsp3) is 0.143. The fourth-order valence-electron chi connectivity index (χ4n) is 2.25. The summed E-state index contributed by atoms with van der Waals surface area (Å²) in [6.07, 6.45) is 4.64. The van der Waals surface area contributed by atoms with Crippen molar-refractivity contribution in [2.75, 3.05) is 12.8 Å². The van der Waals surface area contributed by atoms with Gasteiger partial charge in [-0.25, -0.2) is 9.97 Å². The number of nitrogens with two attached hydrogens (primary N) is 1. The minimum Gasteiger partial charge on any atom is -0.493 e. The number of anilines is 1. The van der Waals surface area contributed by atoms with Gasteiger partial charge in [-0.05, 0) is 29.7 Å². The topological polar surface area (TPSA) is 61.0 Å². The van der Waals surface area contributed by atoms with Gasteiger partial charge >= 0.3 is 0 Å². The first-order valence-corrected chi connectivity index (χ1v) is 6.64. The fourth-order valence-corrected chi connectivity index (χ4v) is 2.61. The number of fused-ring (bicyclic) bond motifs is 1. The van der Waals surface area contributed by atoms with E-state index in [1.165, 1.54) is 5.56 Å². The van der Waals surface area contributed by atoms with Gasteiger partial charge in [-0.2, -0.15) is 0 Å². The molecule has 2 N–H and O–H groups in total. The molecule has 0 saturated heterocycles. The van der Waals surface area contributed by atoms with Gasteiger partial charge in [-0.1, -0.05) is 28.1 Å². The summed E-state index contributed by atoms with van der Waals surface area (Å²) in [4.78, 5) is 8.27. The number of hydrogen-bond acceptors (Lipinski definition) is 4.